The first-order valence-corrected chi connectivity index (χ1v) is 2.74. The molecule has 0 nitrogen and oxygen atoms in total. The highest BCUT2D eigenvalue weighted by molar-refractivity contribution is 4.67. The summed E-state index contributed by atoms with van der Waals surface area (Å²) in [6, 6.07) is 0. The molecule has 10 heavy (non-hydrogen) atoms. The third-order valence-electron chi connectivity index (χ3n) is 1.16. The molecule has 0 fully saturated rings. The Bertz CT molecular complexity index is 94.7. The number of alkyl halides is 5. The van der Waals surface area contributed by atoms with Crippen LogP contribution in [0.25, 0.3) is 0 Å². The molecule has 0 bridgehead atoms. The second kappa shape index (κ2) is 3.16. The van der Waals surface area contributed by atoms with Crippen molar-refractivity contribution in [1.82, 2.24) is 0 Å². The molecule has 0 aliphatic rings. The van der Waals surface area contributed by atoms with Gasteiger partial charge in [-0.3, -0.25) is 0 Å². The van der Waals surface area contributed by atoms with Gasteiger partial charge in [-0.15, -0.1) is 0 Å². The maximum absolute atomic E-state index is 11.5. The molecule has 0 spiro atoms. The standard InChI is InChI=1S/C5H7F5/c1-2-3(4(6)7)5(8,9)10/h3-4H,2H2,1H3. The van der Waals surface area contributed by atoms with Crippen molar-refractivity contribution in [3.63, 3.8) is 0 Å². The Morgan fingerprint density at radius 3 is 1.60 bits per heavy atom. The minimum absolute atomic E-state index is 0.568. The van der Waals surface area contributed by atoms with E-state index < -0.39 is 24.9 Å². The summed E-state index contributed by atoms with van der Waals surface area (Å²) >= 11 is 0. The van der Waals surface area contributed by atoms with E-state index in [4.69, 9.17) is 0 Å². The highest BCUT2D eigenvalue weighted by Crippen LogP contribution is 2.33. The summed E-state index contributed by atoms with van der Waals surface area (Å²) in [7, 11) is 0. The highest BCUT2D eigenvalue weighted by atomic mass is 19.4. The molecule has 0 aromatic heterocycles. The third kappa shape index (κ3) is 2.49. The van der Waals surface area contributed by atoms with E-state index in [0.717, 1.165) is 6.92 Å². The van der Waals surface area contributed by atoms with Gasteiger partial charge in [0.2, 0.25) is 6.43 Å². The molecule has 1 unspecified atom stereocenters. The lowest BCUT2D eigenvalue weighted by molar-refractivity contribution is -0.207. The molecule has 0 rings (SSSR count). The van der Waals surface area contributed by atoms with E-state index in [1.54, 1.807) is 0 Å². The van der Waals surface area contributed by atoms with Gasteiger partial charge in [-0.25, -0.2) is 8.78 Å². The average molecular weight is 162 g/mol. The molecule has 62 valence electrons. The van der Waals surface area contributed by atoms with Gasteiger partial charge in [0.15, 0.2) is 0 Å². The Labute approximate surface area is 55.0 Å². The Morgan fingerprint density at radius 1 is 1.20 bits per heavy atom. The van der Waals surface area contributed by atoms with E-state index in [1.807, 2.05) is 0 Å². The molecule has 0 N–H and O–H groups in total. The zero-order valence-electron chi connectivity index (χ0n) is 5.25. The monoisotopic (exact) mass is 162 g/mol. The van der Waals surface area contributed by atoms with Crippen LogP contribution in [0.5, 0.6) is 0 Å². The zero-order chi connectivity index (χ0) is 8.36. The first-order chi connectivity index (χ1) is 4.39. The summed E-state index contributed by atoms with van der Waals surface area (Å²) < 4.78 is 57.4. The Kier molecular flexibility index (Phi) is 3.05. The normalized spacial score (nSPS) is 15.9. The lowest BCUT2D eigenvalue weighted by Gasteiger charge is -2.16. The Morgan fingerprint density at radius 2 is 1.60 bits per heavy atom. The molecule has 0 saturated carbocycles. The molecule has 0 heterocycles. The fraction of sp³-hybridized carbons (Fsp3) is 1.00. The number of halogens is 5. The molecule has 5 heteroatoms. The quantitative estimate of drug-likeness (QED) is 0.547. The van der Waals surface area contributed by atoms with Crippen LogP contribution in [0.15, 0.2) is 0 Å². The van der Waals surface area contributed by atoms with Gasteiger partial charge in [0.1, 0.15) is 5.92 Å². The second-order valence-corrected chi connectivity index (χ2v) is 1.89. The van der Waals surface area contributed by atoms with Crippen molar-refractivity contribution < 1.29 is 22.0 Å². The van der Waals surface area contributed by atoms with Crippen molar-refractivity contribution in [3.05, 3.63) is 0 Å². The fourth-order valence-electron chi connectivity index (χ4n) is 0.552. The second-order valence-electron chi connectivity index (χ2n) is 1.89. The van der Waals surface area contributed by atoms with Crippen molar-refractivity contribution >= 4 is 0 Å². The van der Waals surface area contributed by atoms with Crippen LogP contribution in [0.3, 0.4) is 0 Å². The van der Waals surface area contributed by atoms with Gasteiger partial charge in [0, 0.05) is 0 Å². The van der Waals surface area contributed by atoms with Crippen LogP contribution in [0.4, 0.5) is 22.0 Å². The van der Waals surface area contributed by atoms with Gasteiger partial charge >= 0.3 is 6.18 Å². The van der Waals surface area contributed by atoms with Gasteiger partial charge in [0.25, 0.3) is 0 Å². The number of rotatable bonds is 2. The van der Waals surface area contributed by atoms with Crippen LogP contribution in [0, 0.1) is 5.92 Å². The smallest absolute Gasteiger partial charge is 0.210 e. The molecule has 0 aromatic carbocycles. The van der Waals surface area contributed by atoms with Gasteiger partial charge in [-0.2, -0.15) is 13.2 Å². The van der Waals surface area contributed by atoms with Crippen LogP contribution >= 0.6 is 0 Å². The molecule has 0 aromatic rings. The average Bonchev–Trinajstić information content (AvgIpc) is 1.60. The van der Waals surface area contributed by atoms with Gasteiger partial charge in [-0.05, 0) is 6.42 Å². The fourth-order valence-corrected chi connectivity index (χ4v) is 0.552. The van der Waals surface area contributed by atoms with Crippen molar-refractivity contribution in [3.8, 4) is 0 Å². The summed E-state index contributed by atoms with van der Waals surface area (Å²) in [6.07, 6.45) is -8.63. The molecule has 0 amide bonds. The zero-order valence-corrected chi connectivity index (χ0v) is 5.25. The van der Waals surface area contributed by atoms with E-state index >= 15 is 0 Å². The minimum atomic E-state index is -4.76. The predicted octanol–water partition coefficient (Wildman–Crippen LogP) is 2.84. The van der Waals surface area contributed by atoms with Crippen LogP contribution in [0.2, 0.25) is 0 Å². The van der Waals surface area contributed by atoms with Crippen molar-refractivity contribution in [1.29, 1.82) is 0 Å². The van der Waals surface area contributed by atoms with Crippen LogP contribution in [-0.4, -0.2) is 12.6 Å². The SMILES string of the molecule is CCC(C(F)F)C(F)(F)F. The molecule has 0 saturated heterocycles. The van der Waals surface area contributed by atoms with Crippen LogP contribution < -0.4 is 0 Å². The molecule has 1 atom stereocenters. The lowest BCUT2D eigenvalue weighted by Crippen LogP contribution is -2.28. The summed E-state index contributed by atoms with van der Waals surface area (Å²) in [6.45, 7) is 1.09. The topological polar surface area (TPSA) is 0 Å². The molecule has 0 aliphatic heterocycles. The summed E-state index contributed by atoms with van der Waals surface area (Å²) in [5, 5.41) is 0. The summed E-state index contributed by atoms with van der Waals surface area (Å²) in [5.74, 6) is -2.47. The van der Waals surface area contributed by atoms with Gasteiger partial charge in [0.05, 0.1) is 0 Å². The molecular weight excluding hydrogens is 155 g/mol. The maximum Gasteiger partial charge on any atom is 0.397 e. The number of hydrogen-bond donors (Lipinski definition) is 0. The van der Waals surface area contributed by atoms with E-state index in [1.165, 1.54) is 0 Å². The van der Waals surface area contributed by atoms with Gasteiger partial charge < -0.3 is 0 Å². The largest absolute Gasteiger partial charge is 0.397 e. The van der Waals surface area contributed by atoms with E-state index in [9.17, 15) is 22.0 Å². The summed E-state index contributed by atoms with van der Waals surface area (Å²) in [4.78, 5) is 0. The van der Waals surface area contributed by atoms with Gasteiger partial charge in [-0.1, -0.05) is 6.92 Å². The van der Waals surface area contributed by atoms with Crippen molar-refractivity contribution in [2.45, 2.75) is 25.9 Å². The van der Waals surface area contributed by atoms with Crippen molar-refractivity contribution in [2.75, 3.05) is 0 Å². The lowest BCUT2D eigenvalue weighted by atomic mass is 10.1. The molecule has 0 radical (unpaired) electrons. The third-order valence-corrected chi connectivity index (χ3v) is 1.16. The Balaban J connectivity index is 4.07. The molecular formula is C5H7F5. The Hall–Kier alpha value is -0.350. The van der Waals surface area contributed by atoms with Crippen LogP contribution in [0.1, 0.15) is 13.3 Å². The van der Waals surface area contributed by atoms with E-state index in [-0.39, 0.29) is 0 Å². The minimum Gasteiger partial charge on any atom is -0.210 e. The first kappa shape index (κ1) is 9.65. The van der Waals surface area contributed by atoms with Crippen molar-refractivity contribution in [2.24, 2.45) is 5.92 Å². The van der Waals surface area contributed by atoms with E-state index in [0.29, 0.717) is 0 Å². The molecule has 0 aliphatic carbocycles. The van der Waals surface area contributed by atoms with E-state index in [2.05, 4.69) is 0 Å². The highest BCUT2D eigenvalue weighted by Gasteiger charge is 2.44. The maximum atomic E-state index is 11.5. The first-order valence-electron chi connectivity index (χ1n) is 2.74. The summed E-state index contributed by atoms with van der Waals surface area (Å²) in [5.41, 5.74) is 0. The predicted molar refractivity (Wildman–Crippen MR) is 25.8 cm³/mol. The van der Waals surface area contributed by atoms with Crippen LogP contribution in [-0.2, 0) is 0 Å². The number of hydrogen-bond acceptors (Lipinski definition) is 0.